The number of aromatic amines is 1. The molecule has 2 aromatic heterocycles. The maximum atomic E-state index is 11.7. The second-order valence-electron chi connectivity index (χ2n) is 6.24. The van der Waals surface area contributed by atoms with Crippen LogP contribution in [0.4, 0.5) is 16.6 Å². The molecule has 3 N–H and O–H groups in total. The SMILES string of the molecule is CC(C)NC(=O)O[C@@H]1CC[C@H](c2cc(Nc3ncccn3)n[nH]2)C1. The van der Waals surface area contributed by atoms with Crippen LogP contribution in [0.3, 0.4) is 0 Å². The number of ether oxygens (including phenoxy) is 1. The van der Waals surface area contributed by atoms with Crippen LogP contribution in [0, 0.1) is 0 Å². The summed E-state index contributed by atoms with van der Waals surface area (Å²) in [6.07, 6.45) is 5.57. The Morgan fingerprint density at radius 1 is 1.33 bits per heavy atom. The number of hydrogen-bond donors (Lipinski definition) is 3. The van der Waals surface area contributed by atoms with Crippen LogP contribution in [0.15, 0.2) is 24.5 Å². The molecule has 8 heteroatoms. The topological polar surface area (TPSA) is 105 Å². The lowest BCUT2D eigenvalue weighted by atomic mass is 10.0. The number of aromatic nitrogens is 4. The minimum atomic E-state index is -0.344. The van der Waals surface area contributed by atoms with Crippen molar-refractivity contribution in [3.63, 3.8) is 0 Å². The second kappa shape index (κ2) is 7.29. The molecule has 8 nitrogen and oxygen atoms in total. The molecule has 1 saturated carbocycles. The van der Waals surface area contributed by atoms with Crippen molar-refractivity contribution >= 4 is 17.9 Å². The third-order valence-corrected chi connectivity index (χ3v) is 3.91. The Labute approximate surface area is 140 Å². The van der Waals surface area contributed by atoms with E-state index in [4.69, 9.17) is 4.74 Å². The molecule has 24 heavy (non-hydrogen) atoms. The minimum absolute atomic E-state index is 0.0501. The summed E-state index contributed by atoms with van der Waals surface area (Å²) in [6, 6.07) is 3.79. The summed E-state index contributed by atoms with van der Waals surface area (Å²) >= 11 is 0. The molecule has 1 amide bonds. The molecule has 2 aromatic rings. The third-order valence-electron chi connectivity index (χ3n) is 3.91. The quantitative estimate of drug-likeness (QED) is 0.778. The van der Waals surface area contributed by atoms with Crippen molar-refractivity contribution < 1.29 is 9.53 Å². The Morgan fingerprint density at radius 3 is 2.88 bits per heavy atom. The number of alkyl carbamates (subject to hydrolysis) is 1. The van der Waals surface area contributed by atoms with E-state index in [1.165, 1.54) is 0 Å². The van der Waals surface area contributed by atoms with Gasteiger partial charge >= 0.3 is 6.09 Å². The highest BCUT2D eigenvalue weighted by atomic mass is 16.6. The van der Waals surface area contributed by atoms with E-state index in [0.717, 1.165) is 25.0 Å². The summed E-state index contributed by atoms with van der Waals surface area (Å²) in [4.78, 5) is 19.9. The van der Waals surface area contributed by atoms with Gasteiger partial charge in [0.25, 0.3) is 0 Å². The molecule has 0 aliphatic heterocycles. The van der Waals surface area contributed by atoms with E-state index < -0.39 is 0 Å². The minimum Gasteiger partial charge on any atom is -0.446 e. The predicted octanol–water partition coefficient (Wildman–Crippen LogP) is 2.71. The molecule has 1 aliphatic carbocycles. The summed E-state index contributed by atoms with van der Waals surface area (Å²) < 4.78 is 5.46. The van der Waals surface area contributed by atoms with E-state index in [0.29, 0.717) is 17.7 Å². The molecule has 2 heterocycles. The first-order chi connectivity index (χ1) is 11.6. The van der Waals surface area contributed by atoms with Crippen molar-refractivity contribution in [1.82, 2.24) is 25.5 Å². The first-order valence-electron chi connectivity index (χ1n) is 8.16. The summed E-state index contributed by atoms with van der Waals surface area (Å²) in [5.41, 5.74) is 1.03. The van der Waals surface area contributed by atoms with Crippen LogP contribution in [-0.2, 0) is 4.74 Å². The molecule has 1 fully saturated rings. The average Bonchev–Trinajstić information content (AvgIpc) is 3.17. The molecule has 1 aliphatic rings. The molecular weight excluding hydrogens is 308 g/mol. The molecular formula is C16H22N6O2. The summed E-state index contributed by atoms with van der Waals surface area (Å²) in [6.45, 7) is 3.82. The maximum Gasteiger partial charge on any atom is 0.407 e. The molecule has 2 atom stereocenters. The molecule has 0 aromatic carbocycles. The van der Waals surface area contributed by atoms with Crippen LogP contribution < -0.4 is 10.6 Å². The lowest BCUT2D eigenvalue weighted by Crippen LogP contribution is -2.33. The number of amides is 1. The van der Waals surface area contributed by atoms with Crippen LogP contribution in [0.25, 0.3) is 0 Å². The molecule has 0 unspecified atom stereocenters. The van der Waals surface area contributed by atoms with Gasteiger partial charge < -0.3 is 15.4 Å². The van der Waals surface area contributed by atoms with E-state index in [1.54, 1.807) is 18.5 Å². The molecule has 128 valence electrons. The van der Waals surface area contributed by atoms with Gasteiger partial charge in [0.2, 0.25) is 5.95 Å². The molecule has 0 spiro atoms. The highest BCUT2D eigenvalue weighted by Gasteiger charge is 2.30. The van der Waals surface area contributed by atoms with Crippen LogP contribution in [0.5, 0.6) is 0 Å². The molecule has 0 saturated heterocycles. The number of anilines is 2. The fraction of sp³-hybridized carbons (Fsp3) is 0.500. The van der Waals surface area contributed by atoms with Crippen LogP contribution >= 0.6 is 0 Å². The zero-order valence-electron chi connectivity index (χ0n) is 13.8. The molecule has 3 rings (SSSR count). The van der Waals surface area contributed by atoms with Gasteiger partial charge in [-0.15, -0.1) is 0 Å². The number of carbonyl (C=O) groups excluding carboxylic acids is 1. The van der Waals surface area contributed by atoms with Crippen LogP contribution in [0.1, 0.15) is 44.7 Å². The summed E-state index contributed by atoms with van der Waals surface area (Å²) in [5.74, 6) is 1.49. The van der Waals surface area contributed by atoms with Crippen LogP contribution in [0.2, 0.25) is 0 Å². The van der Waals surface area contributed by atoms with Crippen molar-refractivity contribution in [3.8, 4) is 0 Å². The summed E-state index contributed by atoms with van der Waals surface area (Å²) in [5, 5.41) is 13.1. The zero-order chi connectivity index (χ0) is 16.9. The first-order valence-corrected chi connectivity index (χ1v) is 8.16. The first kappa shape index (κ1) is 16.2. The Morgan fingerprint density at radius 2 is 2.12 bits per heavy atom. The molecule has 0 radical (unpaired) electrons. The van der Waals surface area contributed by atoms with Crippen molar-refractivity contribution in [3.05, 3.63) is 30.2 Å². The molecule has 0 bridgehead atoms. The number of H-pyrrole nitrogens is 1. The Balaban J connectivity index is 1.54. The predicted molar refractivity (Wildman–Crippen MR) is 89.0 cm³/mol. The Bertz CT molecular complexity index is 672. The van der Waals surface area contributed by atoms with Gasteiger partial charge in [-0.05, 0) is 39.2 Å². The van der Waals surface area contributed by atoms with Gasteiger partial charge in [-0.25, -0.2) is 14.8 Å². The van der Waals surface area contributed by atoms with Gasteiger partial charge in [-0.3, -0.25) is 5.10 Å². The largest absolute Gasteiger partial charge is 0.446 e. The van der Waals surface area contributed by atoms with Crippen molar-refractivity contribution in [1.29, 1.82) is 0 Å². The fourth-order valence-electron chi connectivity index (χ4n) is 2.84. The lowest BCUT2D eigenvalue weighted by Gasteiger charge is -2.14. The van der Waals surface area contributed by atoms with E-state index in [9.17, 15) is 4.79 Å². The van der Waals surface area contributed by atoms with Crippen molar-refractivity contribution in [2.75, 3.05) is 5.32 Å². The van der Waals surface area contributed by atoms with Gasteiger partial charge in [-0.2, -0.15) is 5.10 Å². The van der Waals surface area contributed by atoms with Crippen LogP contribution in [-0.4, -0.2) is 38.4 Å². The van der Waals surface area contributed by atoms with E-state index in [-0.39, 0.29) is 18.2 Å². The average molecular weight is 330 g/mol. The number of rotatable bonds is 5. The Kier molecular flexibility index (Phi) is 4.93. The summed E-state index contributed by atoms with van der Waals surface area (Å²) in [7, 11) is 0. The Hall–Kier alpha value is -2.64. The van der Waals surface area contributed by atoms with Gasteiger partial charge in [0.1, 0.15) is 6.10 Å². The smallest absolute Gasteiger partial charge is 0.407 e. The monoisotopic (exact) mass is 330 g/mol. The number of carbonyl (C=O) groups is 1. The maximum absolute atomic E-state index is 11.7. The highest BCUT2D eigenvalue weighted by molar-refractivity contribution is 5.67. The van der Waals surface area contributed by atoms with Gasteiger partial charge in [0, 0.05) is 36.1 Å². The fourth-order valence-corrected chi connectivity index (χ4v) is 2.84. The van der Waals surface area contributed by atoms with Gasteiger partial charge in [-0.1, -0.05) is 0 Å². The zero-order valence-corrected chi connectivity index (χ0v) is 13.8. The van der Waals surface area contributed by atoms with E-state index in [1.807, 2.05) is 19.9 Å². The van der Waals surface area contributed by atoms with Crippen molar-refractivity contribution in [2.24, 2.45) is 0 Å². The van der Waals surface area contributed by atoms with E-state index >= 15 is 0 Å². The second-order valence-corrected chi connectivity index (χ2v) is 6.24. The third kappa shape index (κ3) is 4.21. The number of hydrogen-bond acceptors (Lipinski definition) is 6. The van der Waals surface area contributed by atoms with Crippen molar-refractivity contribution in [2.45, 2.75) is 51.2 Å². The lowest BCUT2D eigenvalue weighted by molar-refractivity contribution is 0.0981. The van der Waals surface area contributed by atoms with E-state index in [2.05, 4.69) is 30.8 Å². The number of nitrogens with zero attached hydrogens (tertiary/aromatic N) is 3. The normalized spacial score (nSPS) is 20.1. The number of nitrogens with one attached hydrogen (secondary N) is 3. The van der Waals surface area contributed by atoms with Gasteiger partial charge in [0.05, 0.1) is 0 Å². The highest BCUT2D eigenvalue weighted by Crippen LogP contribution is 2.35. The standard InChI is InChI=1S/C16H22N6O2/c1-10(2)19-16(23)24-12-5-4-11(8-12)13-9-14(22-21-13)20-15-17-6-3-7-18-15/h3,6-7,9-12H,4-5,8H2,1-2H3,(H,19,23)(H2,17,18,20,21,22)/t11-,12+/m0/s1. The van der Waals surface area contributed by atoms with Gasteiger partial charge in [0.15, 0.2) is 5.82 Å².